The van der Waals surface area contributed by atoms with Crippen LogP contribution in [-0.4, -0.2) is 37.4 Å². The summed E-state index contributed by atoms with van der Waals surface area (Å²) in [6, 6.07) is 0.451. The molecule has 1 saturated heterocycles. The van der Waals surface area contributed by atoms with Gasteiger partial charge in [-0.25, -0.2) is 0 Å². The summed E-state index contributed by atoms with van der Waals surface area (Å²) >= 11 is 0. The lowest BCUT2D eigenvalue weighted by Crippen LogP contribution is -2.60. The number of carbonyl (C=O) groups excluding carboxylic acids is 1. The van der Waals surface area contributed by atoms with E-state index in [1.807, 2.05) is 0 Å². The van der Waals surface area contributed by atoms with E-state index >= 15 is 0 Å². The molecule has 0 aromatic carbocycles. The minimum atomic E-state index is -0.525. The lowest BCUT2D eigenvalue weighted by molar-refractivity contribution is -0.156. The Labute approximate surface area is 122 Å². The van der Waals surface area contributed by atoms with Gasteiger partial charge in [-0.2, -0.15) is 0 Å². The third-order valence-electron chi connectivity index (χ3n) is 4.83. The van der Waals surface area contributed by atoms with Crippen molar-refractivity contribution in [2.24, 2.45) is 0 Å². The Morgan fingerprint density at radius 1 is 1.30 bits per heavy atom. The number of hydrogen-bond acceptors (Lipinski definition) is 4. The first-order chi connectivity index (χ1) is 9.70. The maximum atomic E-state index is 12.4. The molecule has 1 aliphatic heterocycles. The molecule has 20 heavy (non-hydrogen) atoms. The van der Waals surface area contributed by atoms with Crippen LogP contribution >= 0.6 is 0 Å². The van der Waals surface area contributed by atoms with E-state index in [4.69, 9.17) is 9.47 Å². The smallest absolute Gasteiger partial charge is 0.326 e. The van der Waals surface area contributed by atoms with Gasteiger partial charge in [-0.1, -0.05) is 32.6 Å². The quantitative estimate of drug-likeness (QED) is 0.636. The fourth-order valence-electron chi connectivity index (χ4n) is 3.60. The van der Waals surface area contributed by atoms with Gasteiger partial charge in [-0.05, 0) is 25.7 Å². The summed E-state index contributed by atoms with van der Waals surface area (Å²) < 4.78 is 10.8. The van der Waals surface area contributed by atoms with E-state index in [9.17, 15) is 4.79 Å². The molecule has 116 valence electrons. The van der Waals surface area contributed by atoms with Gasteiger partial charge in [-0.15, -0.1) is 0 Å². The highest BCUT2D eigenvalue weighted by atomic mass is 16.5. The van der Waals surface area contributed by atoms with Crippen LogP contribution in [-0.2, 0) is 14.3 Å². The number of ether oxygens (including phenoxy) is 2. The number of esters is 1. The summed E-state index contributed by atoms with van der Waals surface area (Å²) in [5.74, 6) is -0.108. The Balaban J connectivity index is 2.07. The molecule has 0 amide bonds. The first-order valence-corrected chi connectivity index (χ1v) is 8.18. The lowest BCUT2D eigenvalue weighted by Gasteiger charge is -2.41. The zero-order valence-corrected chi connectivity index (χ0v) is 13.0. The van der Waals surface area contributed by atoms with Crippen LogP contribution < -0.4 is 5.32 Å². The molecule has 0 aromatic rings. The van der Waals surface area contributed by atoms with Crippen molar-refractivity contribution < 1.29 is 14.3 Å². The molecule has 2 fully saturated rings. The van der Waals surface area contributed by atoms with E-state index in [1.165, 1.54) is 45.6 Å². The summed E-state index contributed by atoms with van der Waals surface area (Å²) in [5.41, 5.74) is -0.525. The van der Waals surface area contributed by atoms with Gasteiger partial charge in [0.2, 0.25) is 0 Å². The van der Waals surface area contributed by atoms with Crippen LogP contribution in [0.15, 0.2) is 0 Å². The zero-order chi connectivity index (χ0) is 14.4. The highest BCUT2D eigenvalue weighted by molar-refractivity contribution is 5.81. The highest BCUT2D eigenvalue weighted by Crippen LogP contribution is 2.30. The molecule has 2 rings (SSSR count). The van der Waals surface area contributed by atoms with Gasteiger partial charge < -0.3 is 9.47 Å². The number of methoxy groups -OCH3 is 1. The normalized spacial score (nSPS) is 32.6. The van der Waals surface area contributed by atoms with Crippen molar-refractivity contribution in [3.8, 4) is 0 Å². The van der Waals surface area contributed by atoms with Crippen LogP contribution in [0.3, 0.4) is 0 Å². The van der Waals surface area contributed by atoms with Crippen LogP contribution in [0, 0.1) is 0 Å². The Kier molecular flexibility index (Phi) is 5.85. The van der Waals surface area contributed by atoms with Crippen molar-refractivity contribution in [2.45, 2.75) is 82.4 Å². The molecule has 0 aromatic heterocycles. The average Bonchev–Trinajstić information content (AvgIpc) is 2.75. The van der Waals surface area contributed by atoms with Crippen molar-refractivity contribution in [3.05, 3.63) is 0 Å². The minimum Gasteiger partial charge on any atom is -0.468 e. The molecule has 2 atom stereocenters. The van der Waals surface area contributed by atoms with Crippen molar-refractivity contribution in [1.29, 1.82) is 0 Å². The standard InChI is InChI=1S/C16H29NO3/c1-3-14-12-16(10-11-20-14,15(18)19-2)17-13-8-6-4-5-7-9-13/h13-14,17H,3-12H2,1-2H3. The largest absolute Gasteiger partial charge is 0.468 e. The van der Waals surface area contributed by atoms with E-state index in [0.29, 0.717) is 12.6 Å². The van der Waals surface area contributed by atoms with Crippen LogP contribution in [0.2, 0.25) is 0 Å². The predicted octanol–water partition coefficient (Wildman–Crippen LogP) is 2.80. The molecule has 0 bridgehead atoms. The molecule has 0 radical (unpaired) electrons. The summed E-state index contributed by atoms with van der Waals surface area (Å²) in [6.45, 7) is 2.76. The van der Waals surface area contributed by atoms with Crippen molar-refractivity contribution in [1.82, 2.24) is 5.32 Å². The Bertz CT molecular complexity index is 313. The summed E-state index contributed by atoms with van der Waals surface area (Å²) in [6.07, 6.45) is 10.1. The zero-order valence-electron chi connectivity index (χ0n) is 13.0. The number of hydrogen-bond donors (Lipinski definition) is 1. The van der Waals surface area contributed by atoms with E-state index in [0.717, 1.165) is 19.3 Å². The second-order valence-corrected chi connectivity index (χ2v) is 6.26. The van der Waals surface area contributed by atoms with Gasteiger partial charge in [0.05, 0.1) is 13.2 Å². The van der Waals surface area contributed by atoms with Crippen LogP contribution in [0.1, 0.15) is 64.7 Å². The third-order valence-corrected chi connectivity index (χ3v) is 4.83. The molecule has 2 unspecified atom stereocenters. The minimum absolute atomic E-state index is 0.108. The fraction of sp³-hybridized carbons (Fsp3) is 0.938. The number of rotatable bonds is 4. The molecular weight excluding hydrogens is 254 g/mol. The molecule has 0 spiro atoms. The molecule has 4 heteroatoms. The Hall–Kier alpha value is -0.610. The van der Waals surface area contributed by atoms with Gasteiger partial charge in [-0.3, -0.25) is 10.1 Å². The average molecular weight is 283 g/mol. The monoisotopic (exact) mass is 283 g/mol. The second kappa shape index (κ2) is 7.41. The summed E-state index contributed by atoms with van der Waals surface area (Å²) in [4.78, 5) is 12.4. The topological polar surface area (TPSA) is 47.6 Å². The van der Waals surface area contributed by atoms with Gasteiger partial charge in [0.15, 0.2) is 0 Å². The molecule has 1 aliphatic carbocycles. The number of nitrogens with one attached hydrogen (secondary N) is 1. The molecule has 4 nitrogen and oxygen atoms in total. The van der Waals surface area contributed by atoms with E-state index in [1.54, 1.807) is 0 Å². The maximum Gasteiger partial charge on any atom is 0.326 e. The summed E-state index contributed by atoms with van der Waals surface area (Å²) in [7, 11) is 1.50. The van der Waals surface area contributed by atoms with Crippen LogP contribution in [0.5, 0.6) is 0 Å². The lowest BCUT2D eigenvalue weighted by atomic mass is 9.84. The molecule has 1 heterocycles. The van der Waals surface area contributed by atoms with Gasteiger partial charge in [0.25, 0.3) is 0 Å². The Morgan fingerprint density at radius 3 is 2.60 bits per heavy atom. The predicted molar refractivity (Wildman–Crippen MR) is 78.6 cm³/mol. The summed E-state index contributed by atoms with van der Waals surface area (Å²) in [5, 5.41) is 3.67. The fourth-order valence-corrected chi connectivity index (χ4v) is 3.60. The third kappa shape index (κ3) is 3.73. The second-order valence-electron chi connectivity index (χ2n) is 6.26. The van der Waals surface area contributed by atoms with E-state index < -0.39 is 5.54 Å². The van der Waals surface area contributed by atoms with Crippen molar-refractivity contribution in [3.63, 3.8) is 0 Å². The van der Waals surface area contributed by atoms with Crippen molar-refractivity contribution >= 4 is 5.97 Å². The van der Waals surface area contributed by atoms with Crippen molar-refractivity contribution in [2.75, 3.05) is 13.7 Å². The van der Waals surface area contributed by atoms with Crippen LogP contribution in [0.4, 0.5) is 0 Å². The Morgan fingerprint density at radius 2 is 2.00 bits per heavy atom. The molecule has 2 aliphatic rings. The van der Waals surface area contributed by atoms with Gasteiger partial charge in [0, 0.05) is 19.1 Å². The van der Waals surface area contributed by atoms with Gasteiger partial charge >= 0.3 is 5.97 Å². The maximum absolute atomic E-state index is 12.4. The highest BCUT2D eigenvalue weighted by Gasteiger charge is 2.45. The first kappa shape index (κ1) is 15.8. The molecule has 1 saturated carbocycles. The molecular formula is C16H29NO3. The molecule has 1 N–H and O–H groups in total. The number of carbonyl (C=O) groups is 1. The van der Waals surface area contributed by atoms with Crippen LogP contribution in [0.25, 0.3) is 0 Å². The first-order valence-electron chi connectivity index (χ1n) is 8.18. The van der Waals surface area contributed by atoms with Gasteiger partial charge in [0.1, 0.15) is 5.54 Å². The van der Waals surface area contributed by atoms with E-state index in [2.05, 4.69) is 12.2 Å². The SMILES string of the molecule is CCC1CC(NC2CCCCCC2)(C(=O)OC)CCO1. The van der Waals surface area contributed by atoms with E-state index in [-0.39, 0.29) is 12.1 Å².